The lowest BCUT2D eigenvalue weighted by Gasteiger charge is -2.21. The van der Waals surface area contributed by atoms with E-state index in [4.69, 9.17) is 9.84 Å². The van der Waals surface area contributed by atoms with Crippen LogP contribution in [0, 0.1) is 0 Å². The Hall–Kier alpha value is -0.160. The van der Waals surface area contributed by atoms with Gasteiger partial charge in [-0.25, -0.2) is 0 Å². The zero-order valence-electron chi connectivity index (χ0n) is 7.42. The maximum atomic E-state index is 9.74. The average Bonchev–Trinajstić information content (AvgIpc) is 2.35. The standard InChI is InChI=1S/C8H17NO3/c1-7(10)4-9-5-8(11)2-3-12-6-8/h7,9-11H,2-6H2,1H3. The van der Waals surface area contributed by atoms with E-state index in [1.54, 1.807) is 6.92 Å². The van der Waals surface area contributed by atoms with Gasteiger partial charge in [0.25, 0.3) is 0 Å². The third kappa shape index (κ3) is 3.06. The molecule has 0 radical (unpaired) electrons. The van der Waals surface area contributed by atoms with Crippen molar-refractivity contribution in [2.45, 2.75) is 25.0 Å². The number of hydrogen-bond acceptors (Lipinski definition) is 4. The second kappa shape index (κ2) is 4.18. The fourth-order valence-corrected chi connectivity index (χ4v) is 1.25. The van der Waals surface area contributed by atoms with Crippen molar-refractivity contribution in [1.29, 1.82) is 0 Å². The largest absolute Gasteiger partial charge is 0.392 e. The van der Waals surface area contributed by atoms with Gasteiger partial charge in [0, 0.05) is 26.1 Å². The van der Waals surface area contributed by atoms with Crippen molar-refractivity contribution in [3.05, 3.63) is 0 Å². The summed E-state index contributed by atoms with van der Waals surface area (Å²) in [6.45, 7) is 3.76. The fourth-order valence-electron chi connectivity index (χ4n) is 1.25. The van der Waals surface area contributed by atoms with E-state index in [2.05, 4.69) is 5.32 Å². The van der Waals surface area contributed by atoms with Crippen molar-refractivity contribution < 1.29 is 14.9 Å². The first-order chi connectivity index (χ1) is 5.62. The van der Waals surface area contributed by atoms with Gasteiger partial charge in [-0.1, -0.05) is 0 Å². The second-order valence-electron chi connectivity index (χ2n) is 3.51. The Balaban J connectivity index is 2.13. The smallest absolute Gasteiger partial charge is 0.102 e. The van der Waals surface area contributed by atoms with Crippen LogP contribution in [0.3, 0.4) is 0 Å². The van der Waals surface area contributed by atoms with E-state index in [0.717, 1.165) is 0 Å². The molecule has 1 fully saturated rings. The monoisotopic (exact) mass is 175 g/mol. The lowest BCUT2D eigenvalue weighted by atomic mass is 10.0. The summed E-state index contributed by atoms with van der Waals surface area (Å²) in [6.07, 6.45) is 0.315. The summed E-state index contributed by atoms with van der Waals surface area (Å²) in [6, 6.07) is 0. The number of hydrogen-bond donors (Lipinski definition) is 3. The lowest BCUT2D eigenvalue weighted by molar-refractivity contribution is 0.0249. The molecule has 72 valence electrons. The van der Waals surface area contributed by atoms with Crippen molar-refractivity contribution in [1.82, 2.24) is 5.32 Å². The lowest BCUT2D eigenvalue weighted by Crippen LogP contribution is -2.42. The first-order valence-electron chi connectivity index (χ1n) is 4.31. The van der Waals surface area contributed by atoms with Crippen molar-refractivity contribution in [3.8, 4) is 0 Å². The number of ether oxygens (including phenoxy) is 1. The third-order valence-electron chi connectivity index (χ3n) is 1.98. The number of aliphatic hydroxyl groups excluding tert-OH is 1. The predicted molar refractivity (Wildman–Crippen MR) is 44.9 cm³/mol. The minimum Gasteiger partial charge on any atom is -0.392 e. The second-order valence-corrected chi connectivity index (χ2v) is 3.51. The van der Waals surface area contributed by atoms with Crippen molar-refractivity contribution in [2.75, 3.05) is 26.3 Å². The molecular weight excluding hydrogens is 158 g/mol. The molecule has 0 aromatic carbocycles. The molecule has 3 N–H and O–H groups in total. The first-order valence-corrected chi connectivity index (χ1v) is 4.31. The van der Waals surface area contributed by atoms with Crippen LogP contribution in [-0.2, 0) is 4.74 Å². The van der Waals surface area contributed by atoms with Gasteiger partial charge in [0.2, 0.25) is 0 Å². The van der Waals surface area contributed by atoms with Gasteiger partial charge in [0.15, 0.2) is 0 Å². The molecular formula is C8H17NO3. The first kappa shape index (κ1) is 9.92. The molecule has 1 aliphatic heterocycles. The predicted octanol–water partition coefficient (Wildman–Crippen LogP) is -0.892. The number of rotatable bonds is 4. The van der Waals surface area contributed by atoms with Gasteiger partial charge < -0.3 is 20.3 Å². The van der Waals surface area contributed by atoms with Crippen LogP contribution in [0.2, 0.25) is 0 Å². The zero-order chi connectivity index (χ0) is 9.03. The third-order valence-corrected chi connectivity index (χ3v) is 1.98. The highest BCUT2D eigenvalue weighted by Crippen LogP contribution is 2.16. The Morgan fingerprint density at radius 3 is 2.92 bits per heavy atom. The SMILES string of the molecule is CC(O)CNCC1(O)CCOC1. The van der Waals surface area contributed by atoms with Crippen LogP contribution in [0.25, 0.3) is 0 Å². The van der Waals surface area contributed by atoms with Crippen LogP contribution in [0.15, 0.2) is 0 Å². The zero-order valence-corrected chi connectivity index (χ0v) is 7.42. The molecule has 4 heteroatoms. The molecule has 0 aliphatic carbocycles. The summed E-state index contributed by atoms with van der Waals surface area (Å²) in [5.74, 6) is 0. The maximum absolute atomic E-state index is 9.74. The van der Waals surface area contributed by atoms with Crippen LogP contribution in [0.1, 0.15) is 13.3 Å². The molecule has 12 heavy (non-hydrogen) atoms. The molecule has 0 amide bonds. The topological polar surface area (TPSA) is 61.7 Å². The highest BCUT2D eigenvalue weighted by atomic mass is 16.5. The highest BCUT2D eigenvalue weighted by Gasteiger charge is 2.31. The molecule has 2 unspecified atom stereocenters. The molecule has 1 rings (SSSR count). The van der Waals surface area contributed by atoms with Gasteiger partial charge in [-0.3, -0.25) is 0 Å². The van der Waals surface area contributed by atoms with Crippen LogP contribution in [0.4, 0.5) is 0 Å². The van der Waals surface area contributed by atoms with Gasteiger partial charge in [-0.05, 0) is 6.92 Å². The summed E-state index contributed by atoms with van der Waals surface area (Å²) < 4.78 is 5.07. The highest BCUT2D eigenvalue weighted by molar-refractivity contribution is 4.84. The molecule has 1 aliphatic rings. The molecule has 0 bridgehead atoms. The van der Waals surface area contributed by atoms with Gasteiger partial charge in [-0.2, -0.15) is 0 Å². The molecule has 0 spiro atoms. The van der Waals surface area contributed by atoms with E-state index in [-0.39, 0.29) is 6.10 Å². The van der Waals surface area contributed by atoms with Crippen LogP contribution < -0.4 is 5.32 Å². The minimum absolute atomic E-state index is 0.365. The van der Waals surface area contributed by atoms with Gasteiger partial charge >= 0.3 is 0 Å². The summed E-state index contributed by atoms with van der Waals surface area (Å²) in [5, 5.41) is 21.7. The number of nitrogens with one attached hydrogen (secondary N) is 1. The summed E-state index contributed by atoms with van der Waals surface area (Å²) in [4.78, 5) is 0. The van der Waals surface area contributed by atoms with E-state index in [0.29, 0.717) is 32.7 Å². The molecule has 0 aromatic heterocycles. The van der Waals surface area contributed by atoms with Gasteiger partial charge in [0.1, 0.15) is 5.60 Å². The van der Waals surface area contributed by atoms with Crippen LogP contribution in [-0.4, -0.2) is 48.2 Å². The van der Waals surface area contributed by atoms with E-state index >= 15 is 0 Å². The summed E-state index contributed by atoms with van der Waals surface area (Å²) >= 11 is 0. The molecule has 2 atom stereocenters. The van der Waals surface area contributed by atoms with E-state index in [1.807, 2.05) is 0 Å². The minimum atomic E-state index is -0.713. The van der Waals surface area contributed by atoms with Crippen molar-refractivity contribution >= 4 is 0 Å². The summed E-state index contributed by atoms with van der Waals surface area (Å²) in [5.41, 5.74) is -0.713. The quantitative estimate of drug-likeness (QED) is 0.518. The Kier molecular flexibility index (Phi) is 3.46. The molecule has 4 nitrogen and oxygen atoms in total. The van der Waals surface area contributed by atoms with Crippen LogP contribution >= 0.6 is 0 Å². The van der Waals surface area contributed by atoms with E-state index in [9.17, 15) is 5.11 Å². The Labute approximate surface area is 72.5 Å². The van der Waals surface area contributed by atoms with Crippen molar-refractivity contribution in [3.63, 3.8) is 0 Å². The van der Waals surface area contributed by atoms with Gasteiger partial charge in [0.05, 0.1) is 12.7 Å². The van der Waals surface area contributed by atoms with E-state index in [1.165, 1.54) is 0 Å². The molecule has 1 saturated heterocycles. The Morgan fingerprint density at radius 2 is 2.42 bits per heavy atom. The molecule has 0 aromatic rings. The normalized spacial score (nSPS) is 32.2. The molecule has 1 heterocycles. The van der Waals surface area contributed by atoms with E-state index < -0.39 is 5.60 Å². The maximum Gasteiger partial charge on any atom is 0.102 e. The average molecular weight is 175 g/mol. The Bertz CT molecular complexity index is 132. The fraction of sp³-hybridized carbons (Fsp3) is 1.00. The Morgan fingerprint density at radius 1 is 1.67 bits per heavy atom. The number of aliphatic hydroxyl groups is 2. The summed E-state index contributed by atoms with van der Waals surface area (Å²) in [7, 11) is 0. The van der Waals surface area contributed by atoms with Crippen molar-refractivity contribution in [2.24, 2.45) is 0 Å². The van der Waals surface area contributed by atoms with Crippen LogP contribution in [0.5, 0.6) is 0 Å². The molecule has 0 saturated carbocycles. The van der Waals surface area contributed by atoms with Gasteiger partial charge in [-0.15, -0.1) is 0 Å².